The van der Waals surface area contributed by atoms with Crippen LogP contribution in [0.4, 0.5) is 5.69 Å². The molecule has 7 heteroatoms. The molecule has 1 aromatic carbocycles. The van der Waals surface area contributed by atoms with Gasteiger partial charge in [0.05, 0.1) is 24.2 Å². The van der Waals surface area contributed by atoms with Crippen LogP contribution in [0.15, 0.2) is 41.5 Å². The second kappa shape index (κ2) is 7.50. The van der Waals surface area contributed by atoms with E-state index in [1.165, 1.54) is 27.1 Å². The molecule has 0 radical (unpaired) electrons. The first-order chi connectivity index (χ1) is 12.5. The monoisotopic (exact) mass is 366 g/mol. The molecule has 3 aromatic rings. The molecular formula is C19H18N4O2S. The number of benzene rings is 1. The molecular weight excluding hydrogens is 348 g/mol. The van der Waals surface area contributed by atoms with Crippen LogP contribution in [0.1, 0.15) is 16.9 Å². The lowest BCUT2D eigenvalue weighted by Crippen LogP contribution is -2.37. The molecule has 1 amide bonds. The number of carbonyl (C=O) groups is 1. The quantitative estimate of drug-likeness (QED) is 0.695. The largest absolute Gasteiger partial charge is 0.310 e. The van der Waals surface area contributed by atoms with E-state index in [2.05, 4.69) is 11.1 Å². The summed E-state index contributed by atoms with van der Waals surface area (Å²) in [6.07, 6.45) is 1.64. The van der Waals surface area contributed by atoms with E-state index in [4.69, 9.17) is 5.26 Å². The Balaban J connectivity index is 1.93. The highest BCUT2D eigenvalue weighted by Gasteiger charge is 2.18. The highest BCUT2D eigenvalue weighted by atomic mass is 32.1. The van der Waals surface area contributed by atoms with Gasteiger partial charge in [-0.15, -0.1) is 11.3 Å². The van der Waals surface area contributed by atoms with E-state index >= 15 is 0 Å². The van der Waals surface area contributed by atoms with E-state index in [9.17, 15) is 9.59 Å². The zero-order chi connectivity index (χ0) is 18.7. The number of aryl methyl sites for hydroxylation is 2. The molecule has 3 rings (SSSR count). The maximum Gasteiger partial charge on any atom is 0.262 e. The van der Waals surface area contributed by atoms with Crippen molar-refractivity contribution in [3.05, 3.63) is 57.5 Å². The van der Waals surface area contributed by atoms with Gasteiger partial charge in [-0.1, -0.05) is 18.2 Å². The zero-order valence-corrected chi connectivity index (χ0v) is 15.4. The van der Waals surface area contributed by atoms with Crippen molar-refractivity contribution < 1.29 is 4.79 Å². The lowest BCUT2D eigenvalue weighted by atomic mass is 10.2. The lowest BCUT2D eigenvalue weighted by molar-refractivity contribution is -0.119. The Morgan fingerprint density at radius 3 is 2.73 bits per heavy atom. The summed E-state index contributed by atoms with van der Waals surface area (Å²) in [5.41, 5.74) is 1.41. The fourth-order valence-electron chi connectivity index (χ4n) is 2.78. The Labute approximate surface area is 154 Å². The number of nitriles is 1. The minimum Gasteiger partial charge on any atom is -0.310 e. The Kier molecular flexibility index (Phi) is 5.14. The Morgan fingerprint density at radius 2 is 2.04 bits per heavy atom. The molecule has 0 N–H and O–H groups in total. The first kappa shape index (κ1) is 17.8. The molecule has 0 fully saturated rings. The fraction of sp³-hybridized carbons (Fsp3) is 0.263. The molecule has 0 aliphatic rings. The minimum atomic E-state index is -0.251. The molecule has 0 aliphatic heterocycles. The Bertz CT molecular complexity index is 1050. The molecule has 0 atom stereocenters. The van der Waals surface area contributed by atoms with Gasteiger partial charge in [-0.3, -0.25) is 14.2 Å². The fourth-order valence-corrected chi connectivity index (χ4v) is 3.77. The third kappa shape index (κ3) is 3.37. The highest BCUT2D eigenvalue weighted by Crippen LogP contribution is 2.25. The number of para-hydroxylation sites is 1. The lowest BCUT2D eigenvalue weighted by Gasteiger charge is -2.22. The smallest absolute Gasteiger partial charge is 0.262 e. The van der Waals surface area contributed by atoms with Gasteiger partial charge in [0.15, 0.2) is 0 Å². The van der Waals surface area contributed by atoms with Gasteiger partial charge in [0.25, 0.3) is 5.56 Å². The van der Waals surface area contributed by atoms with Crippen molar-refractivity contribution >= 4 is 33.1 Å². The van der Waals surface area contributed by atoms with Crippen LogP contribution < -0.4 is 10.5 Å². The average Bonchev–Trinajstić information content (AvgIpc) is 2.93. The van der Waals surface area contributed by atoms with Gasteiger partial charge >= 0.3 is 0 Å². The summed E-state index contributed by atoms with van der Waals surface area (Å²) in [6.45, 7) is 4.01. The van der Waals surface area contributed by atoms with Crippen LogP contribution in [-0.4, -0.2) is 22.0 Å². The molecule has 132 valence electrons. The van der Waals surface area contributed by atoms with Gasteiger partial charge in [0.2, 0.25) is 5.91 Å². The number of thiophene rings is 1. The predicted octanol–water partition coefficient (Wildman–Crippen LogP) is 3.02. The van der Waals surface area contributed by atoms with Crippen LogP contribution >= 0.6 is 11.3 Å². The van der Waals surface area contributed by atoms with Crippen LogP contribution in [-0.2, 0) is 11.3 Å². The summed E-state index contributed by atoms with van der Waals surface area (Å²) < 4.78 is 1.34. The van der Waals surface area contributed by atoms with E-state index in [1.807, 2.05) is 44.2 Å². The molecule has 0 saturated heterocycles. The number of carbonyl (C=O) groups excluding carboxylic acids is 1. The molecule has 6 nitrogen and oxygen atoms in total. The standard InChI is InChI=1S/C19H18N4O2S/c1-13-14(2)26-18-17(13)19(25)22(12-21-18)11-16(24)23(10-6-9-20)15-7-4-3-5-8-15/h3-5,7-8,12H,6,10-11H2,1-2H3. The SMILES string of the molecule is Cc1sc2ncn(CC(=O)N(CCC#N)c3ccccc3)c(=O)c2c1C. The third-order valence-electron chi connectivity index (χ3n) is 4.28. The molecule has 0 unspecified atom stereocenters. The van der Waals surface area contributed by atoms with E-state index in [1.54, 1.807) is 0 Å². The van der Waals surface area contributed by atoms with Crippen molar-refractivity contribution in [3.63, 3.8) is 0 Å². The predicted molar refractivity (Wildman–Crippen MR) is 102 cm³/mol. The first-order valence-corrected chi connectivity index (χ1v) is 9.02. The second-order valence-electron chi connectivity index (χ2n) is 5.93. The Morgan fingerprint density at radius 1 is 1.31 bits per heavy atom. The minimum absolute atomic E-state index is 0.115. The van der Waals surface area contributed by atoms with Gasteiger partial charge in [0, 0.05) is 17.1 Å². The zero-order valence-electron chi connectivity index (χ0n) is 14.6. The van der Waals surface area contributed by atoms with Crippen molar-refractivity contribution in [2.75, 3.05) is 11.4 Å². The van der Waals surface area contributed by atoms with E-state index in [0.717, 1.165) is 10.4 Å². The number of amides is 1. The summed E-state index contributed by atoms with van der Waals surface area (Å²) in [7, 11) is 0. The highest BCUT2D eigenvalue weighted by molar-refractivity contribution is 7.18. The van der Waals surface area contributed by atoms with Gasteiger partial charge in [0.1, 0.15) is 11.4 Å². The molecule has 2 heterocycles. The number of hydrogen-bond acceptors (Lipinski definition) is 5. The topological polar surface area (TPSA) is 79.0 Å². The summed E-state index contributed by atoms with van der Waals surface area (Å²) >= 11 is 1.48. The molecule has 0 aliphatic carbocycles. The normalized spacial score (nSPS) is 10.7. The van der Waals surface area contributed by atoms with Crippen molar-refractivity contribution in [2.45, 2.75) is 26.8 Å². The maximum absolute atomic E-state index is 12.8. The number of nitrogens with zero attached hydrogens (tertiary/aromatic N) is 4. The number of rotatable bonds is 5. The van der Waals surface area contributed by atoms with Gasteiger partial charge in [-0.05, 0) is 31.5 Å². The van der Waals surface area contributed by atoms with Crippen molar-refractivity contribution in [1.29, 1.82) is 5.26 Å². The number of anilines is 1. The summed E-state index contributed by atoms with van der Waals surface area (Å²) in [6, 6.07) is 11.2. The molecule has 2 aromatic heterocycles. The van der Waals surface area contributed by atoms with Crippen molar-refractivity contribution in [2.24, 2.45) is 0 Å². The van der Waals surface area contributed by atoms with E-state index in [0.29, 0.717) is 15.9 Å². The van der Waals surface area contributed by atoms with E-state index in [-0.39, 0.29) is 31.0 Å². The summed E-state index contributed by atoms with van der Waals surface area (Å²) in [5, 5.41) is 9.45. The van der Waals surface area contributed by atoms with Gasteiger partial charge in [-0.2, -0.15) is 5.26 Å². The molecule has 0 bridgehead atoms. The van der Waals surface area contributed by atoms with Crippen LogP contribution in [0.2, 0.25) is 0 Å². The number of hydrogen-bond donors (Lipinski definition) is 0. The van der Waals surface area contributed by atoms with Crippen LogP contribution in [0.3, 0.4) is 0 Å². The molecule has 0 spiro atoms. The van der Waals surface area contributed by atoms with Crippen LogP contribution in [0, 0.1) is 25.2 Å². The molecule has 0 saturated carbocycles. The average molecular weight is 366 g/mol. The Hall–Kier alpha value is -2.98. The van der Waals surface area contributed by atoms with Crippen molar-refractivity contribution in [1.82, 2.24) is 9.55 Å². The maximum atomic E-state index is 12.8. The number of fused-ring (bicyclic) bond motifs is 1. The van der Waals surface area contributed by atoms with Gasteiger partial charge < -0.3 is 4.90 Å². The molecule has 26 heavy (non-hydrogen) atoms. The summed E-state index contributed by atoms with van der Waals surface area (Å²) in [4.78, 5) is 33.2. The van der Waals surface area contributed by atoms with Crippen molar-refractivity contribution in [3.8, 4) is 6.07 Å². The third-order valence-corrected chi connectivity index (χ3v) is 5.39. The van der Waals surface area contributed by atoms with E-state index < -0.39 is 0 Å². The first-order valence-electron chi connectivity index (χ1n) is 8.20. The summed E-state index contributed by atoms with van der Waals surface area (Å²) in [5.74, 6) is -0.251. The second-order valence-corrected chi connectivity index (χ2v) is 7.13. The van der Waals surface area contributed by atoms with Gasteiger partial charge in [-0.25, -0.2) is 4.98 Å². The number of aromatic nitrogens is 2. The van der Waals surface area contributed by atoms with Crippen LogP contribution in [0.5, 0.6) is 0 Å². The van der Waals surface area contributed by atoms with Crippen LogP contribution in [0.25, 0.3) is 10.2 Å².